The Labute approximate surface area is 110 Å². The number of rotatable bonds is 1. The molecule has 1 aromatic rings. The van der Waals surface area contributed by atoms with E-state index < -0.39 is 0 Å². The van der Waals surface area contributed by atoms with Crippen LogP contribution in [0.25, 0.3) is 0 Å². The molecular weight excluding hydrogens is 222 g/mol. The zero-order chi connectivity index (χ0) is 12.4. The number of benzene rings is 1. The van der Waals surface area contributed by atoms with Gasteiger partial charge in [-0.3, -0.25) is 4.90 Å². The number of fused-ring (bicyclic) bond motifs is 1. The SMILES string of the molecule is OC1c2ccccc2CC1N1CCCCCCC1. The molecule has 2 nitrogen and oxygen atoms in total. The van der Waals surface area contributed by atoms with E-state index in [0.717, 1.165) is 25.1 Å². The standard InChI is InChI=1S/C16H23NO/c18-16-14-9-5-4-8-13(14)12-15(16)17-10-6-2-1-3-7-11-17/h4-5,8-9,15-16,18H,1-3,6-7,10-12H2. The van der Waals surface area contributed by atoms with Crippen LogP contribution < -0.4 is 0 Å². The second kappa shape index (κ2) is 5.41. The molecule has 2 atom stereocenters. The maximum absolute atomic E-state index is 10.5. The maximum atomic E-state index is 10.5. The molecule has 2 heteroatoms. The first kappa shape index (κ1) is 12.2. The molecule has 0 spiro atoms. The van der Waals surface area contributed by atoms with Gasteiger partial charge < -0.3 is 5.11 Å². The zero-order valence-corrected chi connectivity index (χ0v) is 11.0. The lowest BCUT2D eigenvalue weighted by Crippen LogP contribution is -2.40. The van der Waals surface area contributed by atoms with E-state index in [1.54, 1.807) is 0 Å². The zero-order valence-electron chi connectivity index (χ0n) is 11.0. The summed E-state index contributed by atoms with van der Waals surface area (Å²) in [5.74, 6) is 0. The Bertz CT molecular complexity index is 396. The third-order valence-electron chi connectivity index (χ3n) is 4.53. The summed E-state index contributed by atoms with van der Waals surface area (Å²) in [5.41, 5.74) is 2.50. The Balaban J connectivity index is 1.74. The first-order chi connectivity index (χ1) is 8.86. The van der Waals surface area contributed by atoms with Crippen LogP contribution in [0.3, 0.4) is 0 Å². The van der Waals surface area contributed by atoms with E-state index in [1.165, 1.54) is 37.7 Å². The first-order valence-corrected chi connectivity index (χ1v) is 7.36. The second-order valence-corrected chi connectivity index (χ2v) is 5.72. The van der Waals surface area contributed by atoms with Crippen molar-refractivity contribution in [2.45, 2.75) is 50.7 Å². The summed E-state index contributed by atoms with van der Waals surface area (Å²) < 4.78 is 0. The topological polar surface area (TPSA) is 23.5 Å². The average molecular weight is 245 g/mol. The normalized spacial score (nSPS) is 29.6. The molecule has 0 radical (unpaired) electrons. The second-order valence-electron chi connectivity index (χ2n) is 5.72. The molecule has 18 heavy (non-hydrogen) atoms. The molecule has 0 aromatic heterocycles. The fraction of sp³-hybridized carbons (Fsp3) is 0.625. The number of hydrogen-bond acceptors (Lipinski definition) is 2. The molecule has 0 bridgehead atoms. The highest BCUT2D eigenvalue weighted by molar-refractivity contribution is 5.35. The summed E-state index contributed by atoms with van der Waals surface area (Å²) in [6.07, 6.45) is 7.43. The summed E-state index contributed by atoms with van der Waals surface area (Å²) in [6, 6.07) is 8.70. The predicted octanol–water partition coefficient (Wildman–Crippen LogP) is 2.91. The van der Waals surface area contributed by atoms with Gasteiger partial charge in [0, 0.05) is 6.04 Å². The number of likely N-dealkylation sites (tertiary alicyclic amines) is 1. The van der Waals surface area contributed by atoms with Crippen LogP contribution in [0.1, 0.15) is 49.3 Å². The van der Waals surface area contributed by atoms with Crippen molar-refractivity contribution in [3.8, 4) is 0 Å². The van der Waals surface area contributed by atoms with Crippen LogP contribution in [0.15, 0.2) is 24.3 Å². The Morgan fingerprint density at radius 3 is 2.33 bits per heavy atom. The Kier molecular flexibility index (Phi) is 3.67. The van der Waals surface area contributed by atoms with Gasteiger partial charge in [0.05, 0.1) is 6.10 Å². The lowest BCUT2D eigenvalue weighted by atomic mass is 10.0. The number of aliphatic hydroxyl groups is 1. The van der Waals surface area contributed by atoms with E-state index in [2.05, 4.69) is 23.1 Å². The minimum Gasteiger partial charge on any atom is -0.387 e. The van der Waals surface area contributed by atoms with Crippen LogP contribution in [0.5, 0.6) is 0 Å². The van der Waals surface area contributed by atoms with Gasteiger partial charge in [-0.1, -0.05) is 43.5 Å². The third kappa shape index (κ3) is 2.32. The van der Waals surface area contributed by atoms with Crippen molar-refractivity contribution >= 4 is 0 Å². The van der Waals surface area contributed by atoms with Crippen molar-refractivity contribution in [3.63, 3.8) is 0 Å². The van der Waals surface area contributed by atoms with E-state index in [4.69, 9.17) is 0 Å². The predicted molar refractivity (Wildman–Crippen MR) is 73.6 cm³/mol. The summed E-state index contributed by atoms with van der Waals surface area (Å²) in [5, 5.41) is 10.5. The summed E-state index contributed by atoms with van der Waals surface area (Å²) >= 11 is 0. The van der Waals surface area contributed by atoms with E-state index in [-0.39, 0.29) is 6.10 Å². The van der Waals surface area contributed by atoms with Crippen LogP contribution >= 0.6 is 0 Å². The van der Waals surface area contributed by atoms with Gasteiger partial charge in [-0.05, 0) is 43.5 Å². The number of aliphatic hydroxyl groups excluding tert-OH is 1. The van der Waals surface area contributed by atoms with Crippen molar-refractivity contribution in [1.29, 1.82) is 0 Å². The largest absolute Gasteiger partial charge is 0.387 e. The average Bonchev–Trinajstić information content (AvgIpc) is 2.67. The van der Waals surface area contributed by atoms with E-state index in [0.29, 0.717) is 6.04 Å². The first-order valence-electron chi connectivity index (χ1n) is 7.36. The molecule has 0 saturated carbocycles. The highest BCUT2D eigenvalue weighted by atomic mass is 16.3. The van der Waals surface area contributed by atoms with Crippen molar-refractivity contribution < 1.29 is 5.11 Å². The van der Waals surface area contributed by atoms with Gasteiger partial charge in [-0.15, -0.1) is 0 Å². The fourth-order valence-corrected chi connectivity index (χ4v) is 3.49. The Morgan fingerprint density at radius 2 is 1.61 bits per heavy atom. The highest BCUT2D eigenvalue weighted by Crippen LogP contribution is 2.34. The number of nitrogens with zero attached hydrogens (tertiary/aromatic N) is 1. The minimum atomic E-state index is -0.277. The van der Waals surface area contributed by atoms with E-state index >= 15 is 0 Å². The summed E-state index contributed by atoms with van der Waals surface area (Å²) in [7, 11) is 0. The van der Waals surface area contributed by atoms with Crippen LogP contribution in [0.2, 0.25) is 0 Å². The van der Waals surface area contributed by atoms with Crippen LogP contribution in [0.4, 0.5) is 0 Å². The molecule has 98 valence electrons. The molecule has 2 aliphatic rings. The van der Waals surface area contributed by atoms with Crippen molar-refractivity contribution in [2.75, 3.05) is 13.1 Å². The highest BCUT2D eigenvalue weighted by Gasteiger charge is 2.34. The molecular formula is C16H23NO. The Morgan fingerprint density at radius 1 is 0.944 bits per heavy atom. The lowest BCUT2D eigenvalue weighted by molar-refractivity contribution is 0.0557. The van der Waals surface area contributed by atoms with Gasteiger partial charge in [-0.25, -0.2) is 0 Å². The molecule has 1 N–H and O–H groups in total. The maximum Gasteiger partial charge on any atom is 0.0951 e. The van der Waals surface area contributed by atoms with Crippen LogP contribution in [-0.2, 0) is 6.42 Å². The molecule has 1 fully saturated rings. The van der Waals surface area contributed by atoms with Crippen molar-refractivity contribution in [3.05, 3.63) is 35.4 Å². The molecule has 3 rings (SSSR count). The van der Waals surface area contributed by atoms with Crippen molar-refractivity contribution in [1.82, 2.24) is 4.90 Å². The molecule has 1 aliphatic heterocycles. The van der Waals surface area contributed by atoms with Crippen LogP contribution in [-0.4, -0.2) is 29.1 Å². The van der Waals surface area contributed by atoms with E-state index in [9.17, 15) is 5.11 Å². The fourth-order valence-electron chi connectivity index (χ4n) is 3.49. The third-order valence-corrected chi connectivity index (χ3v) is 4.53. The molecule has 1 saturated heterocycles. The quantitative estimate of drug-likeness (QED) is 0.822. The van der Waals surface area contributed by atoms with Crippen LogP contribution in [0, 0.1) is 0 Å². The summed E-state index contributed by atoms with van der Waals surface area (Å²) in [6.45, 7) is 2.32. The van der Waals surface area contributed by atoms with Gasteiger partial charge in [-0.2, -0.15) is 0 Å². The van der Waals surface area contributed by atoms with Gasteiger partial charge in [0.1, 0.15) is 0 Å². The van der Waals surface area contributed by atoms with Gasteiger partial charge in [0.25, 0.3) is 0 Å². The molecule has 1 aromatic carbocycles. The Hall–Kier alpha value is -0.860. The van der Waals surface area contributed by atoms with E-state index in [1.807, 2.05) is 6.07 Å². The molecule has 0 amide bonds. The molecule has 1 heterocycles. The summed E-state index contributed by atoms with van der Waals surface area (Å²) in [4.78, 5) is 2.53. The van der Waals surface area contributed by atoms with Gasteiger partial charge in [0.2, 0.25) is 0 Å². The van der Waals surface area contributed by atoms with Gasteiger partial charge >= 0.3 is 0 Å². The monoisotopic (exact) mass is 245 g/mol. The smallest absolute Gasteiger partial charge is 0.0951 e. The minimum absolute atomic E-state index is 0.277. The van der Waals surface area contributed by atoms with Crippen molar-refractivity contribution in [2.24, 2.45) is 0 Å². The van der Waals surface area contributed by atoms with Gasteiger partial charge in [0.15, 0.2) is 0 Å². The molecule has 1 aliphatic carbocycles. The molecule has 2 unspecified atom stereocenters. The number of hydrogen-bond donors (Lipinski definition) is 1. The lowest BCUT2D eigenvalue weighted by Gasteiger charge is -2.32.